The van der Waals surface area contributed by atoms with Crippen LogP contribution in [0.4, 0.5) is 13.2 Å². The van der Waals surface area contributed by atoms with Gasteiger partial charge in [-0.3, -0.25) is 9.59 Å². The monoisotopic (exact) mass is 482 g/mol. The number of aromatic nitrogens is 5. The van der Waals surface area contributed by atoms with Crippen molar-refractivity contribution in [1.82, 2.24) is 29.9 Å². The second kappa shape index (κ2) is 8.64. The first-order valence-corrected chi connectivity index (χ1v) is 11.0. The van der Waals surface area contributed by atoms with Gasteiger partial charge < -0.3 is 9.47 Å². The van der Waals surface area contributed by atoms with E-state index in [1.54, 1.807) is 34.9 Å². The highest BCUT2D eigenvalue weighted by Crippen LogP contribution is 2.23. The van der Waals surface area contributed by atoms with Gasteiger partial charge in [-0.15, -0.1) is 10.2 Å². The number of fused-ring (bicyclic) bond motifs is 2. The van der Waals surface area contributed by atoms with E-state index in [1.807, 2.05) is 0 Å². The van der Waals surface area contributed by atoms with Gasteiger partial charge in [0.1, 0.15) is 11.6 Å². The molecule has 11 heteroatoms. The van der Waals surface area contributed by atoms with Crippen LogP contribution in [0, 0.1) is 5.82 Å². The van der Waals surface area contributed by atoms with E-state index in [4.69, 9.17) is 0 Å². The van der Waals surface area contributed by atoms with E-state index >= 15 is 0 Å². The number of H-pyrrole nitrogens is 1. The predicted molar refractivity (Wildman–Crippen MR) is 121 cm³/mol. The quantitative estimate of drug-likeness (QED) is 0.472. The molecule has 0 spiro atoms. The van der Waals surface area contributed by atoms with Crippen LogP contribution in [0.5, 0.6) is 0 Å². The van der Waals surface area contributed by atoms with Gasteiger partial charge in [0.05, 0.1) is 29.6 Å². The number of amides is 1. The van der Waals surface area contributed by atoms with E-state index in [-0.39, 0.29) is 43.0 Å². The number of alkyl halides is 2. The van der Waals surface area contributed by atoms with Gasteiger partial charge in [-0.2, -0.15) is 5.10 Å². The highest BCUT2D eigenvalue weighted by Gasteiger charge is 2.30. The smallest absolute Gasteiger partial charge is 0.272 e. The molecule has 8 nitrogen and oxygen atoms in total. The second-order valence-corrected chi connectivity index (χ2v) is 8.69. The lowest BCUT2D eigenvalue weighted by Crippen LogP contribution is -2.39. The molecule has 0 saturated carbocycles. The second-order valence-electron chi connectivity index (χ2n) is 8.69. The topological polar surface area (TPSA) is 96.8 Å². The first-order chi connectivity index (χ1) is 16.7. The number of carbonyl (C=O) groups excluding carboxylic acids is 1. The fraction of sp³-hybridized carbons (Fsp3) is 0.292. The maximum atomic E-state index is 14.7. The predicted octanol–water partition coefficient (Wildman–Crippen LogP) is 3.10. The van der Waals surface area contributed by atoms with E-state index in [0.717, 1.165) is 6.92 Å². The van der Waals surface area contributed by atoms with Gasteiger partial charge in [0.2, 0.25) is 0 Å². The number of rotatable bonds is 5. The van der Waals surface area contributed by atoms with E-state index < -0.39 is 24.1 Å². The number of halogens is 3. The molecular formula is C24H21F3N6O2. The number of benzene rings is 2. The first-order valence-electron chi connectivity index (χ1n) is 11.0. The fourth-order valence-corrected chi connectivity index (χ4v) is 4.32. The highest BCUT2D eigenvalue weighted by atomic mass is 19.3. The minimum Gasteiger partial charge on any atom is -0.329 e. The molecule has 1 amide bonds. The van der Waals surface area contributed by atoms with Gasteiger partial charge in [0, 0.05) is 24.9 Å². The molecule has 0 unspecified atom stereocenters. The summed E-state index contributed by atoms with van der Waals surface area (Å²) in [6.07, 6.45) is -0.265. The molecule has 1 aliphatic rings. The van der Waals surface area contributed by atoms with Crippen molar-refractivity contribution in [3.63, 3.8) is 0 Å². The maximum absolute atomic E-state index is 14.7. The number of nitrogens with one attached hydrogen (secondary N) is 1. The summed E-state index contributed by atoms with van der Waals surface area (Å²) in [6.45, 7) is 1.31. The van der Waals surface area contributed by atoms with Crippen molar-refractivity contribution in [2.24, 2.45) is 0 Å². The van der Waals surface area contributed by atoms with Crippen LogP contribution in [0.2, 0.25) is 0 Å². The van der Waals surface area contributed by atoms with Crippen LogP contribution in [0.3, 0.4) is 0 Å². The molecule has 5 rings (SSSR count). The molecule has 2 aromatic heterocycles. The summed E-state index contributed by atoms with van der Waals surface area (Å²) in [6, 6.07) is 11.3. The Bertz CT molecular complexity index is 1490. The third-order valence-corrected chi connectivity index (χ3v) is 5.99. The molecule has 1 aliphatic heterocycles. The molecular weight excluding hydrogens is 461 g/mol. The van der Waals surface area contributed by atoms with E-state index in [0.29, 0.717) is 27.9 Å². The summed E-state index contributed by atoms with van der Waals surface area (Å²) in [5.74, 6) is -3.58. The molecule has 1 N–H and O–H groups in total. The molecule has 0 radical (unpaired) electrons. The fourth-order valence-electron chi connectivity index (χ4n) is 4.32. The summed E-state index contributed by atoms with van der Waals surface area (Å²) in [5, 5.41) is 15.6. The van der Waals surface area contributed by atoms with Crippen LogP contribution in [0.1, 0.15) is 40.2 Å². The lowest BCUT2D eigenvalue weighted by molar-refractivity contribution is 0.0191. The lowest BCUT2D eigenvalue weighted by Gasteiger charge is -2.28. The molecule has 180 valence electrons. The lowest BCUT2D eigenvalue weighted by atomic mass is 10.0. The van der Waals surface area contributed by atoms with E-state index in [9.17, 15) is 22.8 Å². The molecule has 35 heavy (non-hydrogen) atoms. The SMILES string of the molecule is CC(F)(F)Cc1nnc2n1CCN(C(=O)c1cc(Cc3n[nH]c(=O)c4ccccc34)ccc1F)C2. The van der Waals surface area contributed by atoms with Gasteiger partial charge in [-0.25, -0.2) is 18.3 Å². The standard InChI is InChI=1S/C24H21F3N6O2/c1-24(26,27)12-20-29-30-21-13-32(8-9-33(20)21)23(35)17-10-14(6-7-18(17)25)11-19-15-4-2-3-5-16(15)22(34)31-28-19/h2-7,10H,8-9,11-13H2,1H3,(H,31,34). The van der Waals surface area contributed by atoms with Crippen molar-refractivity contribution in [3.8, 4) is 0 Å². The Balaban J connectivity index is 1.39. The van der Waals surface area contributed by atoms with Crippen molar-refractivity contribution < 1.29 is 18.0 Å². The van der Waals surface area contributed by atoms with Gasteiger partial charge >= 0.3 is 0 Å². The molecule has 0 fully saturated rings. The Labute approximate surface area is 197 Å². The molecule has 2 aromatic carbocycles. The Hall–Kier alpha value is -4.02. The van der Waals surface area contributed by atoms with Crippen LogP contribution in [0.25, 0.3) is 10.8 Å². The van der Waals surface area contributed by atoms with Crippen molar-refractivity contribution in [3.05, 3.63) is 87.1 Å². The van der Waals surface area contributed by atoms with Gasteiger partial charge in [0.15, 0.2) is 5.82 Å². The number of hydrogen-bond donors (Lipinski definition) is 1. The first kappa shape index (κ1) is 22.8. The summed E-state index contributed by atoms with van der Waals surface area (Å²) in [4.78, 5) is 26.6. The largest absolute Gasteiger partial charge is 0.329 e. The van der Waals surface area contributed by atoms with Crippen molar-refractivity contribution in [2.75, 3.05) is 6.54 Å². The number of hydrogen-bond acceptors (Lipinski definition) is 5. The molecule has 0 bridgehead atoms. The summed E-state index contributed by atoms with van der Waals surface area (Å²) in [5.41, 5.74) is 0.830. The zero-order valence-corrected chi connectivity index (χ0v) is 18.8. The van der Waals surface area contributed by atoms with Crippen LogP contribution in [-0.2, 0) is 25.9 Å². The van der Waals surface area contributed by atoms with Crippen molar-refractivity contribution in [2.45, 2.75) is 38.8 Å². The average Bonchev–Trinajstić information content (AvgIpc) is 3.22. The zero-order chi connectivity index (χ0) is 24.7. The molecule has 4 aromatic rings. The highest BCUT2D eigenvalue weighted by molar-refractivity contribution is 5.94. The van der Waals surface area contributed by atoms with Gasteiger partial charge in [-0.05, 0) is 30.7 Å². The van der Waals surface area contributed by atoms with Crippen molar-refractivity contribution in [1.29, 1.82) is 0 Å². The van der Waals surface area contributed by atoms with Crippen LogP contribution < -0.4 is 5.56 Å². The van der Waals surface area contributed by atoms with Crippen LogP contribution >= 0.6 is 0 Å². The van der Waals surface area contributed by atoms with Gasteiger partial charge in [0.25, 0.3) is 17.4 Å². The van der Waals surface area contributed by atoms with Gasteiger partial charge in [-0.1, -0.05) is 24.3 Å². The molecule has 0 aliphatic carbocycles. The molecule has 0 saturated heterocycles. The Morgan fingerprint density at radius 1 is 1.11 bits per heavy atom. The summed E-state index contributed by atoms with van der Waals surface area (Å²) in [7, 11) is 0. The normalized spacial score (nSPS) is 13.8. The molecule has 0 atom stereocenters. The summed E-state index contributed by atoms with van der Waals surface area (Å²) >= 11 is 0. The Morgan fingerprint density at radius 3 is 2.66 bits per heavy atom. The van der Waals surface area contributed by atoms with E-state index in [2.05, 4.69) is 20.4 Å². The minimum absolute atomic E-state index is 0.0386. The van der Waals surface area contributed by atoms with Crippen LogP contribution in [-0.4, -0.2) is 48.2 Å². The Kier molecular flexibility index (Phi) is 5.62. The summed E-state index contributed by atoms with van der Waals surface area (Å²) < 4.78 is 43.1. The van der Waals surface area contributed by atoms with Crippen LogP contribution in [0.15, 0.2) is 47.3 Å². The molecule has 3 heterocycles. The number of aromatic amines is 1. The van der Waals surface area contributed by atoms with Crippen molar-refractivity contribution >= 4 is 16.7 Å². The number of carbonyl (C=O) groups is 1. The van der Waals surface area contributed by atoms with E-state index in [1.165, 1.54) is 17.0 Å². The zero-order valence-electron chi connectivity index (χ0n) is 18.8. The third kappa shape index (κ3) is 4.53. The Morgan fingerprint density at radius 2 is 1.89 bits per heavy atom. The number of nitrogens with zero attached hydrogens (tertiary/aromatic N) is 5. The third-order valence-electron chi connectivity index (χ3n) is 5.99. The average molecular weight is 482 g/mol. The maximum Gasteiger partial charge on any atom is 0.272 e. The minimum atomic E-state index is -2.92.